The number of hydrogen-bond donors (Lipinski definition) is 3. The molecule has 130 valence electrons. The van der Waals surface area contributed by atoms with E-state index in [9.17, 15) is 9.59 Å². The van der Waals surface area contributed by atoms with Crippen LogP contribution in [0.15, 0.2) is 29.8 Å². The van der Waals surface area contributed by atoms with Gasteiger partial charge in [-0.05, 0) is 56.7 Å². The van der Waals surface area contributed by atoms with Gasteiger partial charge in [-0.3, -0.25) is 4.79 Å². The maximum atomic E-state index is 12.1. The lowest BCUT2D eigenvalue weighted by Crippen LogP contribution is -2.30. The average Bonchev–Trinajstić information content (AvgIpc) is 2.58. The van der Waals surface area contributed by atoms with Crippen molar-refractivity contribution in [3.05, 3.63) is 35.4 Å². The molecule has 3 N–H and O–H groups in total. The Morgan fingerprint density at radius 2 is 2.00 bits per heavy atom. The molecule has 0 aromatic heterocycles. The van der Waals surface area contributed by atoms with Crippen LogP contribution in [0.25, 0.3) is 0 Å². The number of aryl methyl sites for hydroxylation is 1. The number of hydrogen-bond acceptors (Lipinski definition) is 2. The molecular weight excluding hydrogens is 302 g/mol. The maximum Gasteiger partial charge on any atom is 0.319 e. The van der Waals surface area contributed by atoms with Crippen molar-refractivity contribution in [3.8, 4) is 0 Å². The van der Waals surface area contributed by atoms with Crippen LogP contribution in [-0.4, -0.2) is 18.5 Å². The summed E-state index contributed by atoms with van der Waals surface area (Å²) < 4.78 is 0. The van der Waals surface area contributed by atoms with Gasteiger partial charge in [0.05, 0.1) is 0 Å². The largest absolute Gasteiger partial charge is 0.338 e. The minimum Gasteiger partial charge on any atom is -0.338 e. The second-order valence-electron chi connectivity index (χ2n) is 6.17. The molecule has 0 heterocycles. The number of urea groups is 1. The summed E-state index contributed by atoms with van der Waals surface area (Å²) in [6, 6.07) is 5.29. The topological polar surface area (TPSA) is 70.2 Å². The van der Waals surface area contributed by atoms with Gasteiger partial charge in [-0.25, -0.2) is 4.79 Å². The van der Waals surface area contributed by atoms with Gasteiger partial charge in [0.2, 0.25) is 5.91 Å². The summed E-state index contributed by atoms with van der Waals surface area (Å²) >= 11 is 0. The standard InChI is InChI=1S/C19H27N3O2/c1-3-18(23)21-16-10-9-14(2)17(13-16)22-19(24)20-12-11-15-7-5-4-6-8-15/h7,9-10,13H,3-6,8,11-12H2,1-2H3,(H,21,23)(H2,20,22,24). The fourth-order valence-corrected chi connectivity index (χ4v) is 2.72. The number of rotatable bonds is 6. The minimum absolute atomic E-state index is 0.0463. The van der Waals surface area contributed by atoms with E-state index in [1.54, 1.807) is 13.0 Å². The van der Waals surface area contributed by atoms with Gasteiger partial charge in [-0.2, -0.15) is 0 Å². The summed E-state index contributed by atoms with van der Waals surface area (Å²) in [5, 5.41) is 8.56. The molecule has 0 spiro atoms. The zero-order valence-electron chi connectivity index (χ0n) is 14.6. The number of carbonyl (C=O) groups is 2. The van der Waals surface area contributed by atoms with Crippen LogP contribution in [0, 0.1) is 6.92 Å². The van der Waals surface area contributed by atoms with Crippen LogP contribution >= 0.6 is 0 Å². The van der Waals surface area contributed by atoms with Crippen molar-refractivity contribution in [2.45, 2.75) is 52.4 Å². The Labute approximate surface area is 143 Å². The molecule has 1 aromatic carbocycles. The van der Waals surface area contributed by atoms with E-state index >= 15 is 0 Å². The van der Waals surface area contributed by atoms with E-state index in [1.165, 1.54) is 18.4 Å². The van der Waals surface area contributed by atoms with Gasteiger partial charge < -0.3 is 16.0 Å². The predicted molar refractivity (Wildman–Crippen MR) is 98.3 cm³/mol. The van der Waals surface area contributed by atoms with E-state index in [1.807, 2.05) is 19.1 Å². The molecular formula is C19H27N3O2. The van der Waals surface area contributed by atoms with Crippen LogP contribution in [0.1, 0.15) is 51.0 Å². The molecule has 0 atom stereocenters. The van der Waals surface area contributed by atoms with Crippen molar-refractivity contribution >= 4 is 23.3 Å². The van der Waals surface area contributed by atoms with Gasteiger partial charge in [-0.1, -0.05) is 24.6 Å². The summed E-state index contributed by atoms with van der Waals surface area (Å²) in [5.41, 5.74) is 3.80. The zero-order chi connectivity index (χ0) is 17.4. The van der Waals surface area contributed by atoms with Crippen molar-refractivity contribution in [1.82, 2.24) is 5.32 Å². The van der Waals surface area contributed by atoms with Crippen molar-refractivity contribution < 1.29 is 9.59 Å². The van der Waals surface area contributed by atoms with Crippen LogP contribution in [-0.2, 0) is 4.79 Å². The van der Waals surface area contributed by atoms with E-state index < -0.39 is 0 Å². The Morgan fingerprint density at radius 1 is 1.17 bits per heavy atom. The Bertz CT molecular complexity index is 623. The molecule has 0 bridgehead atoms. The van der Waals surface area contributed by atoms with Crippen molar-refractivity contribution in [3.63, 3.8) is 0 Å². The number of benzene rings is 1. The minimum atomic E-state index is -0.214. The normalized spacial score (nSPS) is 13.8. The van der Waals surface area contributed by atoms with Crippen LogP contribution in [0.3, 0.4) is 0 Å². The van der Waals surface area contributed by atoms with Gasteiger partial charge >= 0.3 is 6.03 Å². The highest BCUT2D eigenvalue weighted by Gasteiger charge is 2.08. The molecule has 1 aliphatic rings. The first kappa shape index (κ1) is 18.0. The summed E-state index contributed by atoms with van der Waals surface area (Å²) in [6.07, 6.45) is 8.49. The van der Waals surface area contributed by atoms with E-state index in [0.717, 1.165) is 24.8 Å². The van der Waals surface area contributed by atoms with Gasteiger partial charge in [-0.15, -0.1) is 0 Å². The van der Waals surface area contributed by atoms with Crippen LogP contribution in [0.2, 0.25) is 0 Å². The molecule has 0 aliphatic heterocycles. The molecule has 1 aliphatic carbocycles. The Balaban J connectivity index is 1.84. The first-order valence-corrected chi connectivity index (χ1v) is 8.71. The highest BCUT2D eigenvalue weighted by molar-refractivity contribution is 5.94. The molecule has 0 fully saturated rings. The molecule has 24 heavy (non-hydrogen) atoms. The van der Waals surface area contributed by atoms with Crippen LogP contribution in [0.5, 0.6) is 0 Å². The lowest BCUT2D eigenvalue weighted by molar-refractivity contribution is -0.115. The van der Waals surface area contributed by atoms with Crippen LogP contribution < -0.4 is 16.0 Å². The summed E-state index contributed by atoms with van der Waals surface area (Å²) in [6.45, 7) is 4.37. The Hall–Kier alpha value is -2.30. The second-order valence-corrected chi connectivity index (χ2v) is 6.17. The van der Waals surface area contributed by atoms with E-state index in [4.69, 9.17) is 0 Å². The average molecular weight is 329 g/mol. The highest BCUT2D eigenvalue weighted by Crippen LogP contribution is 2.21. The third kappa shape index (κ3) is 5.72. The lowest BCUT2D eigenvalue weighted by atomic mass is 9.97. The number of carbonyl (C=O) groups excluding carboxylic acids is 2. The molecule has 0 saturated carbocycles. The maximum absolute atomic E-state index is 12.1. The van der Waals surface area contributed by atoms with Crippen molar-refractivity contribution in [1.29, 1.82) is 0 Å². The fourth-order valence-electron chi connectivity index (χ4n) is 2.72. The van der Waals surface area contributed by atoms with Gasteiger partial charge in [0.15, 0.2) is 0 Å². The SMILES string of the molecule is CCC(=O)Nc1ccc(C)c(NC(=O)NCCC2=CCCCC2)c1. The predicted octanol–water partition coefficient (Wildman–Crippen LogP) is 4.36. The van der Waals surface area contributed by atoms with Crippen molar-refractivity contribution in [2.24, 2.45) is 0 Å². The number of allylic oxidation sites excluding steroid dienone is 1. The van der Waals surface area contributed by atoms with Crippen molar-refractivity contribution in [2.75, 3.05) is 17.2 Å². The first-order valence-electron chi connectivity index (χ1n) is 8.71. The van der Waals surface area contributed by atoms with Gasteiger partial charge in [0.25, 0.3) is 0 Å². The molecule has 0 unspecified atom stereocenters. The number of nitrogens with one attached hydrogen (secondary N) is 3. The highest BCUT2D eigenvalue weighted by atomic mass is 16.2. The van der Waals surface area contributed by atoms with Gasteiger partial charge in [0.1, 0.15) is 0 Å². The number of anilines is 2. The Kier molecular flexibility index (Phi) is 6.85. The molecule has 5 heteroatoms. The third-order valence-electron chi connectivity index (χ3n) is 4.21. The Morgan fingerprint density at radius 3 is 2.71 bits per heavy atom. The zero-order valence-corrected chi connectivity index (χ0v) is 14.6. The molecule has 2 rings (SSSR count). The summed E-state index contributed by atoms with van der Waals surface area (Å²) in [7, 11) is 0. The second kappa shape index (κ2) is 9.11. The molecule has 0 radical (unpaired) electrons. The molecule has 5 nitrogen and oxygen atoms in total. The summed E-state index contributed by atoms with van der Waals surface area (Å²) in [5.74, 6) is -0.0463. The van der Waals surface area contributed by atoms with E-state index in [0.29, 0.717) is 24.3 Å². The molecule has 1 aromatic rings. The monoisotopic (exact) mass is 329 g/mol. The fraction of sp³-hybridized carbons (Fsp3) is 0.474. The molecule has 3 amide bonds. The van der Waals surface area contributed by atoms with Crippen LogP contribution in [0.4, 0.5) is 16.2 Å². The van der Waals surface area contributed by atoms with E-state index in [2.05, 4.69) is 22.0 Å². The first-order chi connectivity index (χ1) is 11.6. The smallest absolute Gasteiger partial charge is 0.319 e. The number of amides is 3. The van der Waals surface area contributed by atoms with Gasteiger partial charge in [0, 0.05) is 24.3 Å². The molecule has 0 saturated heterocycles. The third-order valence-corrected chi connectivity index (χ3v) is 4.21. The lowest BCUT2D eigenvalue weighted by Gasteiger charge is -2.14. The quantitative estimate of drug-likeness (QED) is 0.679. The summed E-state index contributed by atoms with van der Waals surface area (Å²) in [4.78, 5) is 23.5. The van der Waals surface area contributed by atoms with E-state index in [-0.39, 0.29) is 11.9 Å².